The van der Waals surface area contributed by atoms with Gasteiger partial charge in [-0.1, -0.05) is 22.9 Å². The van der Waals surface area contributed by atoms with Crippen molar-refractivity contribution >= 4 is 38.3 Å². The second-order valence-corrected chi connectivity index (χ2v) is 8.40. The highest BCUT2D eigenvalue weighted by Crippen LogP contribution is 2.41. The first-order valence-electron chi connectivity index (χ1n) is 8.73. The zero-order valence-electron chi connectivity index (χ0n) is 13.7. The molecular formula is C18H19ClN4OS. The third-order valence-corrected chi connectivity index (χ3v) is 6.33. The van der Waals surface area contributed by atoms with Crippen LogP contribution >= 0.6 is 22.9 Å². The van der Waals surface area contributed by atoms with Gasteiger partial charge in [-0.2, -0.15) is 5.10 Å². The molecule has 1 aliphatic heterocycles. The zero-order chi connectivity index (χ0) is 17.0. The van der Waals surface area contributed by atoms with Crippen molar-refractivity contribution in [2.45, 2.75) is 38.5 Å². The van der Waals surface area contributed by atoms with E-state index in [9.17, 15) is 5.11 Å². The third-order valence-electron chi connectivity index (χ3n) is 5.01. The van der Waals surface area contributed by atoms with Crippen LogP contribution in [0.15, 0.2) is 24.3 Å². The summed E-state index contributed by atoms with van der Waals surface area (Å²) in [6.45, 7) is 2.62. The molecule has 3 heterocycles. The Morgan fingerprint density at radius 2 is 2.12 bits per heavy atom. The molecular weight excluding hydrogens is 356 g/mol. The Bertz CT molecular complexity index is 932. The second-order valence-electron chi connectivity index (χ2n) is 6.95. The quantitative estimate of drug-likeness (QED) is 0.752. The van der Waals surface area contributed by atoms with Gasteiger partial charge in [-0.25, -0.2) is 4.98 Å². The average molecular weight is 375 g/mol. The molecule has 1 aromatic carbocycles. The molecule has 1 fully saturated rings. The minimum absolute atomic E-state index is 0.405. The van der Waals surface area contributed by atoms with Crippen LogP contribution in [0.4, 0.5) is 5.13 Å². The maximum absolute atomic E-state index is 10.4. The Labute approximate surface area is 154 Å². The van der Waals surface area contributed by atoms with Crippen molar-refractivity contribution in [3.05, 3.63) is 40.7 Å². The molecule has 1 N–H and O–H groups in total. The molecule has 1 aliphatic carbocycles. The Hall–Kier alpha value is -1.63. The van der Waals surface area contributed by atoms with Gasteiger partial charge in [0.15, 0.2) is 5.13 Å². The average Bonchev–Trinajstić information content (AvgIpc) is 3.30. The van der Waals surface area contributed by atoms with Crippen LogP contribution in [0, 0.1) is 5.92 Å². The molecule has 0 radical (unpaired) electrons. The molecule has 25 heavy (non-hydrogen) atoms. The van der Waals surface area contributed by atoms with Crippen LogP contribution in [0.25, 0.3) is 10.2 Å². The summed E-state index contributed by atoms with van der Waals surface area (Å²) in [6, 6.07) is 7.91. The van der Waals surface area contributed by atoms with Crippen LogP contribution in [-0.4, -0.2) is 26.4 Å². The topological polar surface area (TPSA) is 54.2 Å². The molecule has 0 saturated heterocycles. The van der Waals surface area contributed by atoms with Crippen molar-refractivity contribution < 1.29 is 5.11 Å². The van der Waals surface area contributed by atoms with Gasteiger partial charge in [0.2, 0.25) is 0 Å². The predicted molar refractivity (Wildman–Crippen MR) is 100 cm³/mol. The lowest BCUT2D eigenvalue weighted by Gasteiger charge is -2.18. The minimum Gasteiger partial charge on any atom is -0.386 e. The van der Waals surface area contributed by atoms with Gasteiger partial charge in [0.1, 0.15) is 6.10 Å². The van der Waals surface area contributed by atoms with Crippen LogP contribution in [0.5, 0.6) is 0 Å². The largest absolute Gasteiger partial charge is 0.386 e. The van der Waals surface area contributed by atoms with Crippen LogP contribution in [0.3, 0.4) is 0 Å². The third kappa shape index (κ3) is 2.92. The number of nitrogens with zero attached hydrogens (tertiary/aromatic N) is 4. The summed E-state index contributed by atoms with van der Waals surface area (Å²) in [5.74, 6) is 0.407. The van der Waals surface area contributed by atoms with Gasteiger partial charge in [-0.15, -0.1) is 0 Å². The van der Waals surface area contributed by atoms with Crippen molar-refractivity contribution in [3.63, 3.8) is 0 Å². The predicted octanol–water partition coefficient (Wildman–Crippen LogP) is 4.00. The molecule has 0 unspecified atom stereocenters. The Morgan fingerprint density at radius 3 is 2.96 bits per heavy atom. The van der Waals surface area contributed by atoms with Crippen molar-refractivity contribution in [1.82, 2.24) is 14.8 Å². The Kier molecular flexibility index (Phi) is 3.73. The number of anilines is 1. The van der Waals surface area contributed by atoms with Crippen molar-refractivity contribution in [2.75, 3.05) is 11.4 Å². The highest BCUT2D eigenvalue weighted by atomic mass is 35.5. The van der Waals surface area contributed by atoms with Gasteiger partial charge in [-0.05, 0) is 49.4 Å². The first-order valence-corrected chi connectivity index (χ1v) is 9.92. The molecule has 7 heteroatoms. The van der Waals surface area contributed by atoms with Crippen LogP contribution in [0.1, 0.15) is 36.8 Å². The molecule has 2 aliphatic rings. The number of hydrogen-bond donors (Lipinski definition) is 1. The van der Waals surface area contributed by atoms with Gasteiger partial charge in [0.25, 0.3) is 0 Å². The summed E-state index contributed by atoms with van der Waals surface area (Å²) in [4.78, 5) is 7.09. The van der Waals surface area contributed by atoms with E-state index < -0.39 is 6.10 Å². The lowest BCUT2D eigenvalue weighted by Crippen LogP contribution is -2.22. The molecule has 0 bridgehead atoms. The number of rotatable bonds is 3. The molecule has 130 valence electrons. The summed E-state index contributed by atoms with van der Waals surface area (Å²) in [6.07, 6.45) is 2.84. The number of aromatic nitrogens is 3. The molecule has 1 atom stereocenters. The highest BCUT2D eigenvalue weighted by molar-refractivity contribution is 7.22. The van der Waals surface area contributed by atoms with E-state index in [0.717, 1.165) is 70.7 Å². The van der Waals surface area contributed by atoms with Gasteiger partial charge in [-0.3, -0.25) is 4.68 Å². The van der Waals surface area contributed by atoms with E-state index in [4.69, 9.17) is 16.6 Å². The number of aliphatic hydroxyl groups excluding tert-OH is 1. The monoisotopic (exact) mass is 374 g/mol. The fraction of sp³-hybridized carbons (Fsp3) is 0.444. The Balaban J connectivity index is 1.44. The van der Waals surface area contributed by atoms with E-state index >= 15 is 0 Å². The molecule has 2 aromatic heterocycles. The van der Waals surface area contributed by atoms with E-state index in [2.05, 4.69) is 20.7 Å². The standard InChI is InChI=1S/C18H19ClN4OS/c19-12-4-5-14-16(8-12)25-18(20-14)22-6-1-7-23-13(10-22)9-15(21-23)17(24)11-2-3-11/h4-5,8-9,11,17,24H,1-3,6-7,10H2/t17-/m0/s1. The van der Waals surface area contributed by atoms with Crippen molar-refractivity contribution in [1.29, 1.82) is 0 Å². The van der Waals surface area contributed by atoms with Crippen LogP contribution in [0.2, 0.25) is 5.02 Å². The van der Waals surface area contributed by atoms with Gasteiger partial charge < -0.3 is 10.0 Å². The highest BCUT2D eigenvalue weighted by Gasteiger charge is 2.33. The maximum Gasteiger partial charge on any atom is 0.186 e. The smallest absolute Gasteiger partial charge is 0.186 e. The number of fused-ring (bicyclic) bond motifs is 2. The molecule has 0 amide bonds. The van der Waals surface area contributed by atoms with Crippen LogP contribution in [-0.2, 0) is 13.1 Å². The second kappa shape index (κ2) is 5.97. The summed E-state index contributed by atoms with van der Waals surface area (Å²) in [7, 11) is 0. The summed E-state index contributed by atoms with van der Waals surface area (Å²) in [5.41, 5.74) is 2.98. The van der Waals surface area contributed by atoms with E-state index in [1.54, 1.807) is 11.3 Å². The van der Waals surface area contributed by atoms with Crippen LogP contribution < -0.4 is 4.90 Å². The minimum atomic E-state index is -0.405. The first-order chi connectivity index (χ1) is 12.2. The van der Waals surface area contributed by atoms with Gasteiger partial charge >= 0.3 is 0 Å². The summed E-state index contributed by atoms with van der Waals surface area (Å²) < 4.78 is 3.18. The lowest BCUT2D eigenvalue weighted by molar-refractivity contribution is 0.148. The molecule has 5 nitrogen and oxygen atoms in total. The Morgan fingerprint density at radius 1 is 1.24 bits per heavy atom. The van der Waals surface area contributed by atoms with Gasteiger partial charge in [0, 0.05) is 18.1 Å². The van der Waals surface area contributed by atoms with Crippen molar-refractivity contribution in [3.8, 4) is 0 Å². The van der Waals surface area contributed by atoms with E-state index in [1.165, 1.54) is 0 Å². The first kappa shape index (κ1) is 15.6. The number of aliphatic hydroxyl groups is 1. The fourth-order valence-corrected chi connectivity index (χ4v) is 4.73. The lowest BCUT2D eigenvalue weighted by atomic mass is 10.1. The van der Waals surface area contributed by atoms with Crippen molar-refractivity contribution in [2.24, 2.45) is 5.92 Å². The maximum atomic E-state index is 10.4. The molecule has 5 rings (SSSR count). The number of hydrogen-bond acceptors (Lipinski definition) is 5. The number of thiazole rings is 1. The summed E-state index contributed by atoms with van der Waals surface area (Å²) >= 11 is 7.78. The molecule has 3 aromatic rings. The zero-order valence-corrected chi connectivity index (χ0v) is 15.3. The molecule has 1 saturated carbocycles. The number of aryl methyl sites for hydroxylation is 1. The SMILES string of the molecule is O[C@H](c1cc2n(n1)CCCN(c1nc3ccc(Cl)cc3s1)C2)C1CC1. The number of benzene rings is 1. The van der Waals surface area contributed by atoms with E-state index in [0.29, 0.717) is 5.92 Å². The molecule has 0 spiro atoms. The number of halogens is 1. The fourth-order valence-electron chi connectivity index (χ4n) is 3.47. The normalized spacial score (nSPS) is 19.0. The van der Waals surface area contributed by atoms with Gasteiger partial charge in [0.05, 0.1) is 28.1 Å². The summed E-state index contributed by atoms with van der Waals surface area (Å²) in [5, 5.41) is 16.8. The van der Waals surface area contributed by atoms with E-state index in [1.807, 2.05) is 18.2 Å². The van der Waals surface area contributed by atoms with E-state index in [-0.39, 0.29) is 0 Å².